The molecule has 1 aliphatic heterocycles. The standard InChI is InChI=1S/C19H19FN2O3/c1-25-17-5-3-2-4-16(17)22-12-14(10-18(22)23)19(24)21-11-13-6-8-15(20)9-7-13/h2-9,14H,10-12H2,1H3,(H,21,24). The maximum Gasteiger partial charge on any atom is 0.227 e. The fourth-order valence-electron chi connectivity index (χ4n) is 2.90. The van der Waals surface area contributed by atoms with Crippen LogP contribution in [0.4, 0.5) is 10.1 Å². The summed E-state index contributed by atoms with van der Waals surface area (Å²) in [5.74, 6) is -0.425. The van der Waals surface area contributed by atoms with Crippen LogP contribution in [0, 0.1) is 11.7 Å². The second-order valence-electron chi connectivity index (χ2n) is 5.92. The summed E-state index contributed by atoms with van der Waals surface area (Å²) in [4.78, 5) is 26.3. The average molecular weight is 342 g/mol. The van der Waals surface area contributed by atoms with Crippen LogP contribution in [0.3, 0.4) is 0 Å². The minimum Gasteiger partial charge on any atom is -0.495 e. The summed E-state index contributed by atoms with van der Waals surface area (Å²) in [6.07, 6.45) is 0.160. The molecule has 1 N–H and O–H groups in total. The Morgan fingerprint density at radius 1 is 1.24 bits per heavy atom. The quantitative estimate of drug-likeness (QED) is 0.908. The van der Waals surface area contributed by atoms with E-state index in [0.717, 1.165) is 5.56 Å². The molecule has 1 saturated heterocycles. The van der Waals surface area contributed by atoms with Gasteiger partial charge in [-0.2, -0.15) is 0 Å². The summed E-state index contributed by atoms with van der Waals surface area (Å²) in [7, 11) is 1.55. The number of para-hydroxylation sites is 2. The molecule has 0 saturated carbocycles. The van der Waals surface area contributed by atoms with E-state index in [-0.39, 0.29) is 24.1 Å². The molecule has 0 bridgehead atoms. The molecular weight excluding hydrogens is 323 g/mol. The van der Waals surface area contributed by atoms with Gasteiger partial charge in [-0.1, -0.05) is 24.3 Å². The average Bonchev–Trinajstić information content (AvgIpc) is 3.02. The first kappa shape index (κ1) is 17.0. The Labute approximate surface area is 145 Å². The first-order chi connectivity index (χ1) is 12.1. The van der Waals surface area contributed by atoms with Gasteiger partial charge in [0.25, 0.3) is 0 Å². The summed E-state index contributed by atoms with van der Waals surface area (Å²) < 4.78 is 18.2. The van der Waals surface area contributed by atoms with Gasteiger partial charge in [0.1, 0.15) is 11.6 Å². The first-order valence-corrected chi connectivity index (χ1v) is 8.04. The molecule has 5 nitrogen and oxygen atoms in total. The van der Waals surface area contributed by atoms with Crippen LogP contribution in [0.25, 0.3) is 0 Å². The van der Waals surface area contributed by atoms with E-state index in [4.69, 9.17) is 4.74 Å². The van der Waals surface area contributed by atoms with Crippen LogP contribution in [0.5, 0.6) is 5.75 Å². The lowest BCUT2D eigenvalue weighted by molar-refractivity contribution is -0.126. The van der Waals surface area contributed by atoms with Crippen molar-refractivity contribution in [2.75, 3.05) is 18.6 Å². The Kier molecular flexibility index (Phi) is 4.97. The molecule has 0 aliphatic carbocycles. The molecule has 1 fully saturated rings. The molecular formula is C19H19FN2O3. The van der Waals surface area contributed by atoms with Crippen molar-refractivity contribution in [2.45, 2.75) is 13.0 Å². The maximum atomic E-state index is 12.9. The van der Waals surface area contributed by atoms with Crippen molar-refractivity contribution in [2.24, 2.45) is 5.92 Å². The zero-order valence-corrected chi connectivity index (χ0v) is 13.9. The predicted molar refractivity (Wildman–Crippen MR) is 91.7 cm³/mol. The molecule has 1 heterocycles. The van der Waals surface area contributed by atoms with Gasteiger partial charge in [-0.15, -0.1) is 0 Å². The summed E-state index contributed by atoms with van der Waals surface area (Å²) in [6, 6.07) is 13.2. The minimum atomic E-state index is -0.419. The third-order valence-corrected chi connectivity index (χ3v) is 4.25. The van der Waals surface area contributed by atoms with Crippen LogP contribution >= 0.6 is 0 Å². The van der Waals surface area contributed by atoms with Gasteiger partial charge in [0.05, 0.1) is 18.7 Å². The van der Waals surface area contributed by atoms with Crippen molar-refractivity contribution in [3.05, 3.63) is 59.9 Å². The van der Waals surface area contributed by atoms with Crippen LogP contribution in [0.15, 0.2) is 48.5 Å². The number of ether oxygens (including phenoxy) is 1. The molecule has 1 aliphatic rings. The Morgan fingerprint density at radius 3 is 2.68 bits per heavy atom. The Hall–Kier alpha value is -2.89. The van der Waals surface area contributed by atoms with Gasteiger partial charge in [-0.25, -0.2) is 4.39 Å². The van der Waals surface area contributed by atoms with Crippen LogP contribution in [-0.2, 0) is 16.1 Å². The third kappa shape index (κ3) is 3.79. The van der Waals surface area contributed by atoms with Gasteiger partial charge in [0.2, 0.25) is 11.8 Å². The Bertz CT molecular complexity index is 776. The minimum absolute atomic E-state index is 0.105. The number of nitrogens with one attached hydrogen (secondary N) is 1. The van der Waals surface area contributed by atoms with Gasteiger partial charge in [-0.3, -0.25) is 9.59 Å². The van der Waals surface area contributed by atoms with Gasteiger partial charge >= 0.3 is 0 Å². The molecule has 1 unspecified atom stereocenters. The molecule has 130 valence electrons. The Balaban J connectivity index is 1.63. The lowest BCUT2D eigenvalue weighted by Gasteiger charge is -2.19. The van der Waals surface area contributed by atoms with Gasteiger partial charge in [0, 0.05) is 19.5 Å². The second-order valence-corrected chi connectivity index (χ2v) is 5.92. The van der Waals surface area contributed by atoms with E-state index in [1.807, 2.05) is 12.1 Å². The number of hydrogen-bond acceptors (Lipinski definition) is 3. The van der Waals surface area contributed by atoms with E-state index >= 15 is 0 Å². The summed E-state index contributed by atoms with van der Waals surface area (Å²) in [5.41, 5.74) is 1.48. The van der Waals surface area contributed by atoms with Gasteiger partial charge in [-0.05, 0) is 29.8 Å². The van der Waals surface area contributed by atoms with Crippen molar-refractivity contribution in [1.82, 2.24) is 5.32 Å². The van der Waals surface area contributed by atoms with E-state index in [1.54, 1.807) is 36.3 Å². The summed E-state index contributed by atoms with van der Waals surface area (Å²) in [6.45, 7) is 0.618. The smallest absolute Gasteiger partial charge is 0.227 e. The number of anilines is 1. The van der Waals surface area contributed by atoms with Gasteiger partial charge in [0.15, 0.2) is 0 Å². The van der Waals surface area contributed by atoms with Crippen molar-refractivity contribution >= 4 is 17.5 Å². The van der Waals surface area contributed by atoms with Crippen LogP contribution in [-0.4, -0.2) is 25.5 Å². The fourth-order valence-corrected chi connectivity index (χ4v) is 2.90. The first-order valence-electron chi connectivity index (χ1n) is 8.04. The van der Waals surface area contributed by atoms with Crippen molar-refractivity contribution in [3.63, 3.8) is 0 Å². The highest BCUT2D eigenvalue weighted by Gasteiger charge is 2.36. The lowest BCUT2D eigenvalue weighted by Crippen LogP contribution is -2.32. The summed E-state index contributed by atoms with van der Waals surface area (Å²) in [5, 5.41) is 2.81. The molecule has 0 spiro atoms. The van der Waals surface area contributed by atoms with E-state index < -0.39 is 5.92 Å². The highest BCUT2D eigenvalue weighted by Crippen LogP contribution is 2.32. The fraction of sp³-hybridized carbons (Fsp3) is 0.263. The molecule has 0 radical (unpaired) electrons. The molecule has 0 aromatic heterocycles. The molecule has 6 heteroatoms. The second kappa shape index (κ2) is 7.34. The third-order valence-electron chi connectivity index (χ3n) is 4.25. The molecule has 3 rings (SSSR count). The van der Waals surface area contributed by atoms with Crippen molar-refractivity contribution in [1.29, 1.82) is 0 Å². The largest absolute Gasteiger partial charge is 0.495 e. The van der Waals surface area contributed by atoms with Crippen LogP contribution < -0.4 is 15.0 Å². The number of benzene rings is 2. The Morgan fingerprint density at radius 2 is 1.96 bits per heavy atom. The number of hydrogen-bond donors (Lipinski definition) is 1. The predicted octanol–water partition coefficient (Wildman–Crippen LogP) is 2.50. The SMILES string of the molecule is COc1ccccc1N1CC(C(=O)NCc2ccc(F)cc2)CC1=O. The normalized spacial score (nSPS) is 16.8. The number of carbonyl (C=O) groups excluding carboxylic acids is 2. The zero-order valence-electron chi connectivity index (χ0n) is 13.9. The van der Waals surface area contributed by atoms with E-state index in [1.165, 1.54) is 12.1 Å². The van der Waals surface area contributed by atoms with E-state index in [2.05, 4.69) is 5.32 Å². The number of rotatable bonds is 5. The number of amides is 2. The highest BCUT2D eigenvalue weighted by molar-refractivity contribution is 6.01. The monoisotopic (exact) mass is 342 g/mol. The van der Waals surface area contributed by atoms with E-state index in [0.29, 0.717) is 24.5 Å². The topological polar surface area (TPSA) is 58.6 Å². The van der Waals surface area contributed by atoms with Gasteiger partial charge < -0.3 is 15.0 Å². The highest BCUT2D eigenvalue weighted by atomic mass is 19.1. The molecule has 2 aromatic rings. The van der Waals surface area contributed by atoms with E-state index in [9.17, 15) is 14.0 Å². The van der Waals surface area contributed by atoms with Crippen molar-refractivity contribution in [3.8, 4) is 5.75 Å². The molecule has 1 atom stereocenters. The van der Waals surface area contributed by atoms with Crippen LogP contribution in [0.1, 0.15) is 12.0 Å². The molecule has 2 amide bonds. The number of carbonyl (C=O) groups is 2. The lowest BCUT2D eigenvalue weighted by atomic mass is 10.1. The maximum absolute atomic E-state index is 12.9. The molecule has 25 heavy (non-hydrogen) atoms. The molecule has 2 aromatic carbocycles. The number of methoxy groups -OCH3 is 1. The number of nitrogens with zero attached hydrogens (tertiary/aromatic N) is 1. The van der Waals surface area contributed by atoms with Crippen molar-refractivity contribution < 1.29 is 18.7 Å². The summed E-state index contributed by atoms with van der Waals surface area (Å²) >= 11 is 0. The zero-order chi connectivity index (χ0) is 17.8. The number of halogens is 1. The van der Waals surface area contributed by atoms with Crippen LogP contribution in [0.2, 0.25) is 0 Å².